The lowest BCUT2D eigenvalue weighted by Gasteiger charge is -2.28. The van der Waals surface area contributed by atoms with Gasteiger partial charge in [0.15, 0.2) is 6.10 Å². The van der Waals surface area contributed by atoms with Crippen LogP contribution < -0.4 is 20.3 Å². The molecule has 10 heteroatoms. The van der Waals surface area contributed by atoms with Crippen LogP contribution in [0.4, 0.5) is 10.5 Å². The average molecular weight is 585 g/mol. The first kappa shape index (κ1) is 28.7. The lowest BCUT2D eigenvalue weighted by molar-refractivity contribution is -0.124. The van der Waals surface area contributed by atoms with Crippen molar-refractivity contribution < 1.29 is 34.1 Å². The molecule has 0 aromatic heterocycles. The average Bonchev–Trinajstić information content (AvgIpc) is 2.94. The van der Waals surface area contributed by atoms with Crippen LogP contribution in [0.25, 0.3) is 0 Å². The second kappa shape index (κ2) is 15.4. The molecule has 4 N–H and O–H groups in total. The van der Waals surface area contributed by atoms with E-state index in [2.05, 4.69) is 21.2 Å². The van der Waals surface area contributed by atoms with Crippen LogP contribution in [0.2, 0.25) is 0 Å². The van der Waals surface area contributed by atoms with Gasteiger partial charge in [0.25, 0.3) is 5.91 Å². The highest BCUT2D eigenvalue weighted by Gasteiger charge is 2.29. The monoisotopic (exact) mass is 584 g/mol. The molecular formula is C28H29BrN2O7. The summed E-state index contributed by atoms with van der Waals surface area (Å²) in [5.74, 6) is 0.490. The van der Waals surface area contributed by atoms with Gasteiger partial charge in [-0.25, -0.2) is 10.3 Å². The highest BCUT2D eigenvalue weighted by Crippen LogP contribution is 2.30. The number of halogens is 1. The number of aliphatic hydroxyl groups is 1. The molecule has 0 fully saturated rings. The number of ether oxygens (including phenoxy) is 3. The number of hydroxylamine groups is 1. The van der Waals surface area contributed by atoms with Crippen molar-refractivity contribution in [1.29, 1.82) is 0 Å². The van der Waals surface area contributed by atoms with Crippen LogP contribution in [-0.4, -0.2) is 41.6 Å². The van der Waals surface area contributed by atoms with Crippen molar-refractivity contribution in [2.24, 2.45) is 0 Å². The van der Waals surface area contributed by atoms with Crippen molar-refractivity contribution in [3.63, 3.8) is 0 Å². The summed E-state index contributed by atoms with van der Waals surface area (Å²) in [6, 6.07) is 23.2. The summed E-state index contributed by atoms with van der Waals surface area (Å²) in [7, 11) is 0. The fourth-order valence-electron chi connectivity index (χ4n) is 3.51. The minimum atomic E-state index is -0.836. The molecule has 0 saturated carbocycles. The summed E-state index contributed by atoms with van der Waals surface area (Å²) in [4.78, 5) is 24.3. The van der Waals surface area contributed by atoms with Gasteiger partial charge in [0.2, 0.25) is 0 Å². The summed E-state index contributed by atoms with van der Waals surface area (Å²) in [6.07, 6.45) is 1.44. The third-order valence-corrected chi connectivity index (χ3v) is 5.79. The van der Waals surface area contributed by atoms with Crippen molar-refractivity contribution in [1.82, 2.24) is 5.48 Å². The molecule has 0 heterocycles. The topological polar surface area (TPSA) is 126 Å². The SMILES string of the molecule is O=C(/C=C/CC[C@H](Oc1ccccc1)[C@@H](OC(=O)Nc1ccc(Br)cc1)c1ccc(OCCO)cc1)NO. The van der Waals surface area contributed by atoms with Gasteiger partial charge in [-0.15, -0.1) is 0 Å². The maximum Gasteiger partial charge on any atom is 0.412 e. The van der Waals surface area contributed by atoms with Gasteiger partial charge >= 0.3 is 6.09 Å². The summed E-state index contributed by atoms with van der Waals surface area (Å²) < 4.78 is 18.5. The van der Waals surface area contributed by atoms with Gasteiger partial charge in [-0.2, -0.15) is 0 Å². The van der Waals surface area contributed by atoms with Gasteiger partial charge in [0.05, 0.1) is 6.61 Å². The number of aliphatic hydroxyl groups excluding tert-OH is 1. The second-order valence-corrected chi connectivity index (χ2v) is 8.94. The van der Waals surface area contributed by atoms with E-state index in [-0.39, 0.29) is 13.2 Å². The number of rotatable bonds is 13. The van der Waals surface area contributed by atoms with Crippen molar-refractivity contribution in [2.45, 2.75) is 25.0 Å². The number of para-hydroxylation sites is 1. The first-order valence-corrected chi connectivity index (χ1v) is 12.7. The van der Waals surface area contributed by atoms with Gasteiger partial charge in [0, 0.05) is 16.2 Å². The number of benzene rings is 3. The first-order chi connectivity index (χ1) is 18.5. The standard InChI is InChI=1S/C28H29BrN2O7/c29-21-12-14-22(15-13-21)30-28(34)38-27(20-10-16-23(17-11-20)36-19-18-32)25(8-4-5-9-26(33)31-35)37-24-6-2-1-3-7-24/h1-3,5-7,9-17,25,27,32,35H,4,8,18-19H2,(H,30,34)(H,31,33)/b9-5+/t25-,27-/m0/s1. The van der Waals surface area contributed by atoms with Gasteiger partial charge in [-0.05, 0) is 66.9 Å². The van der Waals surface area contributed by atoms with Crippen molar-refractivity contribution in [3.8, 4) is 11.5 Å². The van der Waals surface area contributed by atoms with Crippen LogP contribution in [0.5, 0.6) is 11.5 Å². The largest absolute Gasteiger partial charge is 0.491 e. The molecule has 0 bridgehead atoms. The molecule has 38 heavy (non-hydrogen) atoms. The predicted molar refractivity (Wildman–Crippen MR) is 145 cm³/mol. The van der Waals surface area contributed by atoms with E-state index in [1.165, 1.54) is 6.08 Å². The van der Waals surface area contributed by atoms with Crippen LogP contribution in [0.3, 0.4) is 0 Å². The first-order valence-electron chi connectivity index (χ1n) is 11.9. The number of nitrogens with one attached hydrogen (secondary N) is 2. The number of hydrogen-bond donors (Lipinski definition) is 4. The zero-order valence-electron chi connectivity index (χ0n) is 20.5. The van der Waals surface area contributed by atoms with Gasteiger partial charge < -0.3 is 19.3 Å². The number of hydrogen-bond acceptors (Lipinski definition) is 7. The number of anilines is 1. The van der Waals surface area contributed by atoms with Crippen LogP contribution in [0.15, 0.2) is 95.5 Å². The molecule has 200 valence electrons. The summed E-state index contributed by atoms with van der Waals surface area (Å²) >= 11 is 3.37. The Hall–Kier alpha value is -3.86. The third kappa shape index (κ3) is 9.55. The molecule has 9 nitrogen and oxygen atoms in total. The molecule has 0 unspecified atom stereocenters. The molecule has 0 radical (unpaired) electrons. The van der Waals surface area contributed by atoms with Crippen LogP contribution >= 0.6 is 15.9 Å². The number of carbonyl (C=O) groups excluding carboxylic acids is 2. The second-order valence-electron chi connectivity index (χ2n) is 8.02. The lowest BCUT2D eigenvalue weighted by Crippen LogP contribution is -2.31. The molecule has 3 aromatic rings. The quantitative estimate of drug-likeness (QED) is 0.120. The Kier molecular flexibility index (Phi) is 11.6. The van der Waals surface area contributed by atoms with E-state index in [4.69, 9.17) is 24.5 Å². The Morgan fingerprint density at radius 3 is 2.32 bits per heavy atom. The highest BCUT2D eigenvalue weighted by atomic mass is 79.9. The molecule has 3 rings (SSSR count). The molecular weight excluding hydrogens is 556 g/mol. The van der Waals surface area contributed by atoms with Crippen LogP contribution in [0.1, 0.15) is 24.5 Å². The molecule has 2 atom stereocenters. The Balaban J connectivity index is 1.87. The van der Waals surface area contributed by atoms with Gasteiger partial charge in [-0.3, -0.25) is 15.3 Å². The Bertz CT molecular complexity index is 1170. The number of amides is 2. The fraction of sp³-hybridized carbons (Fsp3) is 0.214. The maximum atomic E-state index is 13.0. The normalized spacial score (nSPS) is 12.4. The van der Waals surface area contributed by atoms with E-state index in [1.807, 2.05) is 18.2 Å². The lowest BCUT2D eigenvalue weighted by atomic mass is 10.00. The Labute approximate surface area is 229 Å². The molecule has 0 spiro atoms. The molecule has 3 aromatic carbocycles. The summed E-state index contributed by atoms with van der Waals surface area (Å²) in [5, 5.41) is 20.5. The number of carbonyl (C=O) groups is 2. The van der Waals surface area contributed by atoms with Crippen molar-refractivity contribution in [3.05, 3.63) is 101 Å². The van der Waals surface area contributed by atoms with E-state index in [0.29, 0.717) is 35.6 Å². The van der Waals surface area contributed by atoms with E-state index in [1.54, 1.807) is 72.2 Å². The summed E-state index contributed by atoms with van der Waals surface area (Å²) in [6.45, 7) is 0.0426. The van der Waals surface area contributed by atoms with Crippen LogP contribution in [-0.2, 0) is 9.53 Å². The zero-order chi connectivity index (χ0) is 27.2. The zero-order valence-corrected chi connectivity index (χ0v) is 22.0. The number of allylic oxidation sites excluding steroid dienone is 1. The molecule has 0 saturated heterocycles. The van der Waals surface area contributed by atoms with Crippen molar-refractivity contribution >= 4 is 33.6 Å². The van der Waals surface area contributed by atoms with E-state index in [9.17, 15) is 9.59 Å². The van der Waals surface area contributed by atoms with Gasteiger partial charge in [0.1, 0.15) is 24.2 Å². The molecule has 0 aliphatic carbocycles. The smallest absolute Gasteiger partial charge is 0.412 e. The van der Waals surface area contributed by atoms with Crippen LogP contribution in [0, 0.1) is 0 Å². The summed E-state index contributed by atoms with van der Waals surface area (Å²) in [5.41, 5.74) is 2.77. The highest BCUT2D eigenvalue weighted by molar-refractivity contribution is 9.10. The van der Waals surface area contributed by atoms with E-state index < -0.39 is 24.2 Å². The predicted octanol–water partition coefficient (Wildman–Crippen LogP) is 5.40. The minimum Gasteiger partial charge on any atom is -0.491 e. The van der Waals surface area contributed by atoms with E-state index in [0.717, 1.165) is 4.47 Å². The fourth-order valence-corrected chi connectivity index (χ4v) is 3.77. The molecule has 2 amide bonds. The maximum absolute atomic E-state index is 13.0. The van der Waals surface area contributed by atoms with Gasteiger partial charge in [-0.1, -0.05) is 52.3 Å². The minimum absolute atomic E-state index is 0.113. The molecule has 0 aliphatic heterocycles. The third-order valence-electron chi connectivity index (χ3n) is 5.26. The Morgan fingerprint density at radius 2 is 1.66 bits per heavy atom. The molecule has 0 aliphatic rings. The Morgan fingerprint density at radius 1 is 0.947 bits per heavy atom. The van der Waals surface area contributed by atoms with Crippen molar-refractivity contribution in [2.75, 3.05) is 18.5 Å². The van der Waals surface area contributed by atoms with E-state index >= 15 is 0 Å².